The summed E-state index contributed by atoms with van der Waals surface area (Å²) in [6.45, 7) is 3.13. The Bertz CT molecular complexity index is 364. The van der Waals surface area contributed by atoms with Crippen LogP contribution in [0.2, 0.25) is 10.0 Å². The standard InChI is InChI=1S/C12H14Cl2O2/c1-2-7-16-8-6-11(15)9-4-3-5-10(13)12(9)14/h3-5H,2,6-8H2,1H3. The fourth-order valence-electron chi connectivity index (χ4n) is 1.27. The SMILES string of the molecule is CCCOCCC(=O)c1cccc(Cl)c1Cl. The second-order valence-electron chi connectivity index (χ2n) is 3.39. The van der Waals surface area contributed by atoms with Gasteiger partial charge in [-0.3, -0.25) is 4.79 Å². The average molecular weight is 261 g/mol. The Hall–Kier alpha value is -0.570. The van der Waals surface area contributed by atoms with Crippen LogP contribution in [0, 0.1) is 0 Å². The van der Waals surface area contributed by atoms with E-state index in [0.717, 1.165) is 6.42 Å². The monoisotopic (exact) mass is 260 g/mol. The van der Waals surface area contributed by atoms with Crippen molar-refractivity contribution >= 4 is 29.0 Å². The van der Waals surface area contributed by atoms with E-state index in [1.54, 1.807) is 18.2 Å². The molecule has 0 N–H and O–H groups in total. The number of rotatable bonds is 6. The second-order valence-corrected chi connectivity index (χ2v) is 4.17. The molecule has 0 unspecified atom stereocenters. The summed E-state index contributed by atoms with van der Waals surface area (Å²) in [5, 5.41) is 0.728. The number of Topliss-reactive ketones (excluding diaryl/α,β-unsaturated/α-hetero) is 1. The van der Waals surface area contributed by atoms with Crippen molar-refractivity contribution in [1.82, 2.24) is 0 Å². The molecule has 16 heavy (non-hydrogen) atoms. The lowest BCUT2D eigenvalue weighted by Crippen LogP contribution is -2.06. The molecule has 0 aliphatic rings. The molecule has 0 aromatic heterocycles. The summed E-state index contributed by atoms with van der Waals surface area (Å²) < 4.78 is 5.25. The maximum absolute atomic E-state index is 11.8. The number of ether oxygens (including phenoxy) is 1. The van der Waals surface area contributed by atoms with Crippen molar-refractivity contribution in [1.29, 1.82) is 0 Å². The highest BCUT2D eigenvalue weighted by Gasteiger charge is 2.11. The number of ketones is 1. The lowest BCUT2D eigenvalue weighted by molar-refractivity contribution is 0.0879. The normalized spacial score (nSPS) is 10.4. The maximum atomic E-state index is 11.8. The van der Waals surface area contributed by atoms with Crippen LogP contribution in [-0.2, 0) is 4.74 Å². The molecular formula is C12H14Cl2O2. The highest BCUT2D eigenvalue weighted by molar-refractivity contribution is 6.43. The predicted octanol–water partition coefficient (Wildman–Crippen LogP) is 3.99. The van der Waals surface area contributed by atoms with Gasteiger partial charge in [-0.05, 0) is 18.6 Å². The molecule has 0 spiro atoms. The number of carbonyl (C=O) groups is 1. The topological polar surface area (TPSA) is 26.3 Å². The summed E-state index contributed by atoms with van der Waals surface area (Å²) in [5.41, 5.74) is 0.467. The average Bonchev–Trinajstić information content (AvgIpc) is 2.28. The van der Waals surface area contributed by atoms with Gasteiger partial charge in [-0.2, -0.15) is 0 Å². The minimum absolute atomic E-state index is 0.0383. The van der Waals surface area contributed by atoms with Gasteiger partial charge in [-0.25, -0.2) is 0 Å². The molecular weight excluding hydrogens is 247 g/mol. The van der Waals surface area contributed by atoms with E-state index in [0.29, 0.717) is 35.2 Å². The van der Waals surface area contributed by atoms with Gasteiger partial charge in [0, 0.05) is 18.6 Å². The van der Waals surface area contributed by atoms with E-state index in [1.165, 1.54) is 0 Å². The van der Waals surface area contributed by atoms with Crippen molar-refractivity contribution in [3.8, 4) is 0 Å². The van der Waals surface area contributed by atoms with Gasteiger partial charge in [0.15, 0.2) is 5.78 Å². The first-order valence-corrected chi connectivity index (χ1v) is 5.97. The number of hydrogen-bond acceptors (Lipinski definition) is 2. The van der Waals surface area contributed by atoms with Crippen molar-refractivity contribution in [2.24, 2.45) is 0 Å². The van der Waals surface area contributed by atoms with Crippen molar-refractivity contribution in [3.05, 3.63) is 33.8 Å². The van der Waals surface area contributed by atoms with Crippen LogP contribution in [0.3, 0.4) is 0 Å². The molecule has 0 saturated heterocycles. The largest absolute Gasteiger partial charge is 0.381 e. The van der Waals surface area contributed by atoms with Crippen molar-refractivity contribution in [3.63, 3.8) is 0 Å². The Morgan fingerprint density at radius 2 is 2.06 bits per heavy atom. The molecule has 0 amide bonds. The number of benzene rings is 1. The van der Waals surface area contributed by atoms with Gasteiger partial charge in [0.1, 0.15) is 0 Å². The fourth-order valence-corrected chi connectivity index (χ4v) is 1.67. The van der Waals surface area contributed by atoms with Crippen LogP contribution in [0.1, 0.15) is 30.1 Å². The molecule has 0 aliphatic heterocycles. The fraction of sp³-hybridized carbons (Fsp3) is 0.417. The molecule has 0 bridgehead atoms. The van der Waals surface area contributed by atoms with Gasteiger partial charge >= 0.3 is 0 Å². The van der Waals surface area contributed by atoms with Gasteiger partial charge in [-0.15, -0.1) is 0 Å². The highest BCUT2D eigenvalue weighted by Crippen LogP contribution is 2.26. The molecule has 0 fully saturated rings. The molecule has 0 atom stereocenters. The van der Waals surface area contributed by atoms with E-state index >= 15 is 0 Å². The highest BCUT2D eigenvalue weighted by atomic mass is 35.5. The van der Waals surface area contributed by atoms with Gasteiger partial charge in [0.2, 0.25) is 0 Å². The molecule has 0 saturated carbocycles. The summed E-state index contributed by atoms with van der Waals surface area (Å²) in [7, 11) is 0. The van der Waals surface area contributed by atoms with Crippen LogP contribution in [0.5, 0.6) is 0 Å². The van der Waals surface area contributed by atoms with Crippen LogP contribution < -0.4 is 0 Å². The van der Waals surface area contributed by atoms with Gasteiger partial charge in [0.05, 0.1) is 16.7 Å². The van der Waals surface area contributed by atoms with Gasteiger partial charge in [-0.1, -0.05) is 36.2 Å². The lowest BCUT2D eigenvalue weighted by atomic mass is 10.1. The third kappa shape index (κ3) is 3.78. The third-order valence-corrected chi connectivity index (χ3v) is 2.89. The molecule has 0 radical (unpaired) electrons. The minimum atomic E-state index is -0.0383. The molecule has 1 aromatic carbocycles. The van der Waals surface area contributed by atoms with Crippen molar-refractivity contribution in [2.45, 2.75) is 19.8 Å². The number of halogens is 2. The first kappa shape index (κ1) is 13.5. The molecule has 4 heteroatoms. The quantitative estimate of drug-likeness (QED) is 0.571. The first-order valence-electron chi connectivity index (χ1n) is 5.21. The molecule has 2 nitrogen and oxygen atoms in total. The Labute approximate surface area is 106 Å². The van der Waals surface area contributed by atoms with E-state index in [-0.39, 0.29) is 5.78 Å². The summed E-state index contributed by atoms with van der Waals surface area (Å²) >= 11 is 11.8. The third-order valence-electron chi connectivity index (χ3n) is 2.07. The molecule has 0 heterocycles. The molecule has 88 valence electrons. The Morgan fingerprint density at radius 3 is 2.75 bits per heavy atom. The minimum Gasteiger partial charge on any atom is -0.381 e. The molecule has 1 aromatic rings. The van der Waals surface area contributed by atoms with Crippen LogP contribution in [-0.4, -0.2) is 19.0 Å². The Balaban J connectivity index is 2.56. The molecule has 1 rings (SSSR count). The number of hydrogen-bond donors (Lipinski definition) is 0. The van der Waals surface area contributed by atoms with E-state index in [1.807, 2.05) is 6.92 Å². The zero-order valence-corrected chi connectivity index (χ0v) is 10.6. The van der Waals surface area contributed by atoms with Crippen LogP contribution in [0.15, 0.2) is 18.2 Å². The zero-order valence-electron chi connectivity index (χ0n) is 9.13. The predicted molar refractivity (Wildman–Crippen MR) is 66.5 cm³/mol. The van der Waals surface area contributed by atoms with Crippen LogP contribution >= 0.6 is 23.2 Å². The van der Waals surface area contributed by atoms with E-state index in [9.17, 15) is 4.79 Å². The summed E-state index contributed by atoms with van der Waals surface area (Å²) in [6.07, 6.45) is 1.28. The van der Waals surface area contributed by atoms with Crippen molar-refractivity contribution in [2.75, 3.05) is 13.2 Å². The first-order chi connectivity index (χ1) is 7.66. The van der Waals surface area contributed by atoms with Crippen molar-refractivity contribution < 1.29 is 9.53 Å². The zero-order chi connectivity index (χ0) is 12.0. The second kappa shape index (κ2) is 6.89. The lowest BCUT2D eigenvalue weighted by Gasteiger charge is -2.05. The Kier molecular flexibility index (Phi) is 5.81. The van der Waals surface area contributed by atoms with Crippen LogP contribution in [0.4, 0.5) is 0 Å². The van der Waals surface area contributed by atoms with Gasteiger partial charge < -0.3 is 4.74 Å². The van der Waals surface area contributed by atoms with E-state index in [4.69, 9.17) is 27.9 Å². The summed E-state index contributed by atoms with van der Waals surface area (Å²) in [4.78, 5) is 11.8. The summed E-state index contributed by atoms with van der Waals surface area (Å²) in [6, 6.07) is 5.05. The number of carbonyl (C=O) groups excluding carboxylic acids is 1. The van der Waals surface area contributed by atoms with E-state index in [2.05, 4.69) is 0 Å². The summed E-state index contributed by atoms with van der Waals surface area (Å²) in [5.74, 6) is -0.0383. The maximum Gasteiger partial charge on any atom is 0.166 e. The molecule has 0 aliphatic carbocycles. The van der Waals surface area contributed by atoms with E-state index < -0.39 is 0 Å². The smallest absolute Gasteiger partial charge is 0.166 e. The van der Waals surface area contributed by atoms with Gasteiger partial charge in [0.25, 0.3) is 0 Å². The Morgan fingerprint density at radius 1 is 1.31 bits per heavy atom. The van der Waals surface area contributed by atoms with Crippen LogP contribution in [0.25, 0.3) is 0 Å².